The summed E-state index contributed by atoms with van der Waals surface area (Å²) in [7, 11) is 3.42. The standard InChI is InChI=1S/C19H22N2O2S/c1-14(15-7-5-4-6-8-15)24-13-18(22)20-17-11-9-16(10-12-17)19(23)21(2)3/h4-12,14H,13H2,1-3H3,(H,20,22). The number of nitrogens with one attached hydrogen (secondary N) is 1. The van der Waals surface area contributed by atoms with Crippen molar-refractivity contribution in [2.24, 2.45) is 0 Å². The normalized spacial score (nSPS) is 11.6. The largest absolute Gasteiger partial charge is 0.345 e. The third kappa shape index (κ3) is 5.13. The molecule has 126 valence electrons. The number of anilines is 1. The fourth-order valence-corrected chi connectivity index (χ4v) is 3.00. The van der Waals surface area contributed by atoms with Gasteiger partial charge in [0.05, 0.1) is 5.75 Å². The van der Waals surface area contributed by atoms with E-state index in [0.717, 1.165) is 0 Å². The highest BCUT2D eigenvalue weighted by molar-refractivity contribution is 8.00. The molecule has 0 spiro atoms. The van der Waals surface area contributed by atoms with E-state index in [1.54, 1.807) is 50.1 Å². The minimum atomic E-state index is -0.0554. The molecule has 1 N–H and O–H groups in total. The molecule has 2 aromatic carbocycles. The molecule has 2 rings (SSSR count). The van der Waals surface area contributed by atoms with Crippen molar-refractivity contribution in [3.05, 3.63) is 65.7 Å². The van der Waals surface area contributed by atoms with Crippen LogP contribution in [0.4, 0.5) is 5.69 Å². The number of thioether (sulfide) groups is 1. The summed E-state index contributed by atoms with van der Waals surface area (Å²) in [6, 6.07) is 17.1. The Balaban J connectivity index is 1.85. The van der Waals surface area contributed by atoms with E-state index in [-0.39, 0.29) is 17.1 Å². The van der Waals surface area contributed by atoms with Crippen LogP contribution in [-0.4, -0.2) is 36.6 Å². The van der Waals surface area contributed by atoms with Gasteiger partial charge < -0.3 is 10.2 Å². The lowest BCUT2D eigenvalue weighted by atomic mass is 10.2. The van der Waals surface area contributed by atoms with Gasteiger partial charge in [-0.3, -0.25) is 9.59 Å². The maximum Gasteiger partial charge on any atom is 0.253 e. The van der Waals surface area contributed by atoms with Crippen LogP contribution in [0.15, 0.2) is 54.6 Å². The first kappa shape index (κ1) is 18.1. The second kappa shape index (κ2) is 8.55. The molecule has 0 saturated heterocycles. The highest BCUT2D eigenvalue weighted by atomic mass is 32.2. The second-order valence-corrected chi connectivity index (χ2v) is 7.02. The molecule has 1 unspecified atom stereocenters. The zero-order valence-corrected chi connectivity index (χ0v) is 15.0. The van der Waals surface area contributed by atoms with E-state index in [9.17, 15) is 9.59 Å². The van der Waals surface area contributed by atoms with E-state index in [1.807, 2.05) is 18.2 Å². The lowest BCUT2D eigenvalue weighted by Gasteiger charge is -2.12. The van der Waals surface area contributed by atoms with E-state index >= 15 is 0 Å². The minimum Gasteiger partial charge on any atom is -0.345 e. The first-order chi connectivity index (χ1) is 11.5. The van der Waals surface area contributed by atoms with Gasteiger partial charge in [-0.1, -0.05) is 30.3 Å². The van der Waals surface area contributed by atoms with Gasteiger partial charge >= 0.3 is 0 Å². The van der Waals surface area contributed by atoms with Crippen LogP contribution in [0.1, 0.15) is 28.1 Å². The molecule has 0 aliphatic carbocycles. The molecule has 24 heavy (non-hydrogen) atoms. The molecule has 2 amide bonds. The predicted molar refractivity (Wildman–Crippen MR) is 100 cm³/mol. The SMILES string of the molecule is CC(SCC(=O)Nc1ccc(C(=O)N(C)C)cc1)c1ccccc1. The molecular weight excluding hydrogens is 320 g/mol. The van der Waals surface area contributed by atoms with Crippen molar-refractivity contribution >= 4 is 29.3 Å². The van der Waals surface area contributed by atoms with Crippen molar-refractivity contribution < 1.29 is 9.59 Å². The summed E-state index contributed by atoms with van der Waals surface area (Å²) in [5, 5.41) is 3.12. The molecule has 0 aliphatic heterocycles. The van der Waals surface area contributed by atoms with Crippen LogP contribution < -0.4 is 5.32 Å². The lowest BCUT2D eigenvalue weighted by Crippen LogP contribution is -2.21. The van der Waals surface area contributed by atoms with Crippen LogP contribution in [0.25, 0.3) is 0 Å². The summed E-state index contributed by atoms with van der Waals surface area (Å²) in [6.07, 6.45) is 0. The van der Waals surface area contributed by atoms with E-state index in [4.69, 9.17) is 0 Å². The molecule has 0 heterocycles. The van der Waals surface area contributed by atoms with E-state index < -0.39 is 0 Å². The number of hydrogen-bond donors (Lipinski definition) is 1. The van der Waals surface area contributed by atoms with Gasteiger partial charge in [0.15, 0.2) is 0 Å². The topological polar surface area (TPSA) is 49.4 Å². The molecular formula is C19H22N2O2S. The van der Waals surface area contributed by atoms with Crippen LogP contribution >= 0.6 is 11.8 Å². The number of benzene rings is 2. The molecule has 4 nitrogen and oxygen atoms in total. The third-order valence-electron chi connectivity index (χ3n) is 3.56. The Bertz CT molecular complexity index is 684. The number of rotatable bonds is 6. The van der Waals surface area contributed by atoms with Gasteiger partial charge in [-0.15, -0.1) is 11.8 Å². The van der Waals surface area contributed by atoms with Crippen molar-refractivity contribution in [3.63, 3.8) is 0 Å². The van der Waals surface area contributed by atoms with Crippen LogP contribution in [0.5, 0.6) is 0 Å². The fraction of sp³-hybridized carbons (Fsp3) is 0.263. The number of carbonyl (C=O) groups is 2. The fourth-order valence-electron chi connectivity index (χ4n) is 2.17. The second-order valence-electron chi connectivity index (χ2n) is 5.69. The monoisotopic (exact) mass is 342 g/mol. The van der Waals surface area contributed by atoms with Crippen molar-refractivity contribution in [3.8, 4) is 0 Å². The number of carbonyl (C=O) groups excluding carboxylic acids is 2. The van der Waals surface area contributed by atoms with Crippen molar-refractivity contribution in [2.75, 3.05) is 25.2 Å². The van der Waals surface area contributed by atoms with E-state index in [1.165, 1.54) is 10.5 Å². The molecule has 0 bridgehead atoms. The van der Waals surface area contributed by atoms with Gasteiger partial charge in [0.25, 0.3) is 5.91 Å². The number of nitrogens with zero attached hydrogens (tertiary/aromatic N) is 1. The average Bonchev–Trinajstić information content (AvgIpc) is 2.60. The first-order valence-corrected chi connectivity index (χ1v) is 8.80. The molecule has 0 aliphatic rings. The van der Waals surface area contributed by atoms with E-state index in [2.05, 4.69) is 24.4 Å². The summed E-state index contributed by atoms with van der Waals surface area (Å²) < 4.78 is 0. The van der Waals surface area contributed by atoms with Crippen molar-refractivity contribution in [1.29, 1.82) is 0 Å². The van der Waals surface area contributed by atoms with E-state index in [0.29, 0.717) is 17.0 Å². The highest BCUT2D eigenvalue weighted by Gasteiger charge is 2.10. The first-order valence-electron chi connectivity index (χ1n) is 7.75. The van der Waals surface area contributed by atoms with Crippen LogP contribution in [0.2, 0.25) is 0 Å². The van der Waals surface area contributed by atoms with Crippen LogP contribution in [0, 0.1) is 0 Å². The van der Waals surface area contributed by atoms with Gasteiger partial charge in [0, 0.05) is 30.6 Å². The molecule has 5 heteroatoms. The smallest absolute Gasteiger partial charge is 0.253 e. The van der Waals surface area contributed by atoms with Crippen LogP contribution in [0.3, 0.4) is 0 Å². The summed E-state index contributed by atoms with van der Waals surface area (Å²) in [6.45, 7) is 2.09. The Hall–Kier alpha value is -2.27. The minimum absolute atomic E-state index is 0.0468. The summed E-state index contributed by atoms with van der Waals surface area (Å²) in [4.78, 5) is 25.4. The Kier molecular flexibility index (Phi) is 6.44. The maximum atomic E-state index is 12.1. The average molecular weight is 342 g/mol. The summed E-state index contributed by atoms with van der Waals surface area (Å²) in [5.41, 5.74) is 2.51. The molecule has 0 aromatic heterocycles. The summed E-state index contributed by atoms with van der Waals surface area (Å²) in [5.74, 6) is 0.281. The van der Waals surface area contributed by atoms with Crippen molar-refractivity contribution in [1.82, 2.24) is 4.90 Å². The zero-order valence-electron chi connectivity index (χ0n) is 14.2. The molecule has 1 atom stereocenters. The molecule has 2 aromatic rings. The quantitative estimate of drug-likeness (QED) is 0.868. The predicted octanol–water partition coefficient (Wildman–Crippen LogP) is 3.82. The van der Waals surface area contributed by atoms with Gasteiger partial charge in [-0.2, -0.15) is 0 Å². The zero-order chi connectivity index (χ0) is 17.5. The lowest BCUT2D eigenvalue weighted by molar-refractivity contribution is -0.113. The Morgan fingerprint density at radius 1 is 1.04 bits per heavy atom. The van der Waals surface area contributed by atoms with Gasteiger partial charge in [-0.05, 0) is 36.8 Å². The third-order valence-corrected chi connectivity index (χ3v) is 4.76. The Morgan fingerprint density at radius 2 is 1.67 bits per heavy atom. The highest BCUT2D eigenvalue weighted by Crippen LogP contribution is 2.27. The van der Waals surface area contributed by atoms with Gasteiger partial charge in [-0.25, -0.2) is 0 Å². The molecule has 0 saturated carbocycles. The molecule has 0 radical (unpaired) electrons. The number of amides is 2. The summed E-state index contributed by atoms with van der Waals surface area (Å²) >= 11 is 1.60. The molecule has 0 fully saturated rings. The maximum absolute atomic E-state index is 12.1. The Labute approximate surface area is 147 Å². The van der Waals surface area contributed by atoms with Crippen LogP contribution in [-0.2, 0) is 4.79 Å². The van der Waals surface area contributed by atoms with Crippen molar-refractivity contribution in [2.45, 2.75) is 12.2 Å². The van der Waals surface area contributed by atoms with Gasteiger partial charge in [0.1, 0.15) is 0 Å². The Morgan fingerprint density at radius 3 is 2.25 bits per heavy atom. The number of hydrogen-bond acceptors (Lipinski definition) is 3. The van der Waals surface area contributed by atoms with Gasteiger partial charge in [0.2, 0.25) is 5.91 Å².